The van der Waals surface area contributed by atoms with Gasteiger partial charge < -0.3 is 40.4 Å². The van der Waals surface area contributed by atoms with Gasteiger partial charge in [-0.05, 0) is 31.2 Å². The molecule has 0 aromatic carbocycles. The van der Waals surface area contributed by atoms with Crippen molar-refractivity contribution < 1.29 is 48.4 Å². The molecule has 3 amide bonds. The number of rotatable bonds is 62. The van der Waals surface area contributed by atoms with Gasteiger partial charge in [0.15, 0.2) is 0 Å². The predicted octanol–water partition coefficient (Wildman–Crippen LogP) is 12.8. The first-order valence-electron chi connectivity index (χ1n) is 30.4. The molecule has 0 saturated heterocycles. The largest absolute Gasteiger partial charge is 0.481 e. The molecule has 17 nitrogen and oxygen atoms in total. The quantitative estimate of drug-likeness (QED) is 0.0166. The molecule has 0 aliphatic carbocycles. The minimum atomic E-state index is -0.683. The molecule has 0 radical (unpaired) electrons. The summed E-state index contributed by atoms with van der Waals surface area (Å²) >= 11 is 0. The normalized spacial score (nSPS) is 11.2. The van der Waals surface area contributed by atoms with Crippen molar-refractivity contribution >= 4 is 29.7 Å². The second kappa shape index (κ2) is 59.7. The lowest BCUT2D eigenvalue weighted by Gasteiger charge is -2.23. The summed E-state index contributed by atoms with van der Waals surface area (Å²) in [6.07, 6.45) is 45.1. The van der Waals surface area contributed by atoms with Gasteiger partial charge in [0.2, 0.25) is 17.7 Å². The smallest absolute Gasteiger partial charge is 0.303 e. The van der Waals surface area contributed by atoms with Crippen LogP contribution >= 0.6 is 0 Å². The average Bonchev–Trinajstić information content (AvgIpc) is 3.38. The average molecular weight is 1070 g/mol. The highest BCUT2D eigenvalue weighted by Crippen LogP contribution is 2.17. The van der Waals surface area contributed by atoms with E-state index < -0.39 is 11.9 Å². The molecule has 0 rings (SSSR count). The lowest BCUT2D eigenvalue weighted by molar-refractivity contribution is -0.138. The molecule has 0 aliphatic rings. The van der Waals surface area contributed by atoms with E-state index in [9.17, 15) is 24.0 Å². The summed E-state index contributed by atoms with van der Waals surface area (Å²) in [7, 11) is 0. The summed E-state index contributed by atoms with van der Waals surface area (Å²) in [6.45, 7) is 5.11. The van der Waals surface area contributed by atoms with Crippen molar-refractivity contribution in [1.29, 1.82) is 0 Å². The third-order valence-corrected chi connectivity index (χ3v) is 13.7. The van der Waals surface area contributed by atoms with E-state index in [4.69, 9.17) is 30.0 Å². The van der Waals surface area contributed by atoms with Gasteiger partial charge in [0.25, 0.3) is 0 Å². The molecule has 0 unspecified atom stereocenters. The Morgan fingerprint density at radius 3 is 0.907 bits per heavy atom. The summed E-state index contributed by atoms with van der Waals surface area (Å²) in [6, 6.07) is 0. The monoisotopic (exact) mass is 1070 g/mol. The van der Waals surface area contributed by atoms with Crippen molar-refractivity contribution in [2.75, 3.05) is 85.5 Å². The van der Waals surface area contributed by atoms with Crippen LogP contribution in [0.1, 0.15) is 257 Å². The van der Waals surface area contributed by atoms with Crippen LogP contribution in [0.2, 0.25) is 0 Å². The molecule has 0 aromatic heterocycles. The van der Waals surface area contributed by atoms with Crippen LogP contribution in [0.25, 0.3) is 10.4 Å². The van der Waals surface area contributed by atoms with Crippen LogP contribution in [0, 0.1) is 0 Å². The lowest BCUT2D eigenvalue weighted by Crippen LogP contribution is -2.43. The number of carboxylic acid groups (broad SMARTS) is 2. The molecule has 17 heteroatoms. The van der Waals surface area contributed by atoms with Crippen LogP contribution in [0.5, 0.6) is 0 Å². The van der Waals surface area contributed by atoms with Crippen molar-refractivity contribution in [2.45, 2.75) is 257 Å². The summed E-state index contributed by atoms with van der Waals surface area (Å²) < 4.78 is 16.2. The summed E-state index contributed by atoms with van der Waals surface area (Å²) in [5.74, 6) is -1.45. The first-order chi connectivity index (χ1) is 36.7. The van der Waals surface area contributed by atoms with E-state index in [1.54, 1.807) is 0 Å². The Kier molecular flexibility index (Phi) is 57.0. The number of nitrogens with zero attached hydrogens (tertiary/aromatic N) is 4. The molecule has 0 saturated carbocycles. The maximum atomic E-state index is 12.7. The van der Waals surface area contributed by atoms with Gasteiger partial charge >= 0.3 is 11.9 Å². The number of ether oxygens (including phenoxy) is 3. The topological polar surface area (TPSA) is 242 Å². The molecule has 0 bridgehead atoms. The number of hydrogen-bond donors (Lipinski definition) is 5. The van der Waals surface area contributed by atoms with Crippen molar-refractivity contribution in [3.63, 3.8) is 0 Å². The van der Waals surface area contributed by atoms with E-state index in [0.29, 0.717) is 91.4 Å². The van der Waals surface area contributed by atoms with E-state index in [1.165, 1.54) is 167 Å². The summed E-state index contributed by atoms with van der Waals surface area (Å²) in [4.78, 5) is 63.8. The third kappa shape index (κ3) is 61.2. The molecule has 5 N–H and O–H groups in total. The molecule has 0 atom stereocenters. The molecular weight excluding hydrogens is 955 g/mol. The molecular formula is C58H111N7O10. The van der Waals surface area contributed by atoms with Gasteiger partial charge in [-0.25, -0.2) is 0 Å². The summed E-state index contributed by atoms with van der Waals surface area (Å²) in [5, 5.41) is 29.9. The Bertz CT molecular complexity index is 1300. The Balaban J connectivity index is 4.19. The molecule has 0 aliphatic heterocycles. The minimum Gasteiger partial charge on any atom is -0.481 e. The van der Waals surface area contributed by atoms with E-state index >= 15 is 0 Å². The minimum absolute atomic E-state index is 0.0673. The van der Waals surface area contributed by atoms with Crippen molar-refractivity contribution in [3.05, 3.63) is 10.4 Å². The zero-order valence-corrected chi connectivity index (χ0v) is 47.4. The van der Waals surface area contributed by atoms with Crippen LogP contribution in [-0.4, -0.2) is 130 Å². The predicted molar refractivity (Wildman–Crippen MR) is 302 cm³/mol. The number of carbonyl (C=O) groups is 5. The highest BCUT2D eigenvalue weighted by molar-refractivity contribution is 5.77. The number of amides is 3. The second-order valence-corrected chi connectivity index (χ2v) is 20.6. The van der Waals surface area contributed by atoms with Crippen LogP contribution in [0.4, 0.5) is 0 Å². The number of azide groups is 1. The number of hydrogen-bond acceptors (Lipinski definition) is 10. The van der Waals surface area contributed by atoms with Gasteiger partial charge in [-0.3, -0.25) is 28.9 Å². The van der Waals surface area contributed by atoms with Crippen LogP contribution in [0.3, 0.4) is 0 Å². The third-order valence-electron chi connectivity index (χ3n) is 13.7. The number of carbonyl (C=O) groups excluding carboxylic acids is 3. The van der Waals surface area contributed by atoms with E-state index in [-0.39, 0.29) is 37.5 Å². The summed E-state index contributed by atoms with van der Waals surface area (Å²) in [5.41, 5.74) is 8.28. The van der Waals surface area contributed by atoms with Gasteiger partial charge in [0.1, 0.15) is 6.61 Å². The first kappa shape index (κ1) is 71.5. The Morgan fingerprint density at radius 2 is 0.613 bits per heavy atom. The number of aliphatic carboxylic acids is 2. The highest BCUT2D eigenvalue weighted by atomic mass is 16.5. The van der Waals surface area contributed by atoms with E-state index in [2.05, 4.69) is 30.9 Å². The number of carboxylic acids is 2. The van der Waals surface area contributed by atoms with Crippen LogP contribution in [-0.2, 0) is 38.2 Å². The standard InChI is InChI=1S/C58H111N7O10/c59-64-63-44-48-73-49-50-74-51-52-75-53-56(68)62-43-47-65(45-41-60-54(66)37-33-29-25-21-17-13-9-5-1-3-7-11-15-19-23-27-31-35-39-57(69)70)46-42-61-55(67)38-34-30-26-22-18-14-10-6-2-4-8-12-16-20-24-28-32-36-40-58(71)72/h1-53H2,(H,60,66)(H,61,67)(H,62,68)(H,69,70)(H,71,72). The first-order valence-corrected chi connectivity index (χ1v) is 30.4. The fourth-order valence-electron chi connectivity index (χ4n) is 9.16. The Labute approximate surface area is 455 Å². The highest BCUT2D eigenvalue weighted by Gasteiger charge is 2.10. The van der Waals surface area contributed by atoms with Gasteiger partial charge in [-0.1, -0.05) is 211 Å². The zero-order chi connectivity index (χ0) is 54.6. The molecule has 0 heterocycles. The van der Waals surface area contributed by atoms with E-state index in [1.807, 2.05) is 0 Å². The van der Waals surface area contributed by atoms with Gasteiger partial charge in [-0.15, -0.1) is 0 Å². The van der Waals surface area contributed by atoms with Crippen molar-refractivity contribution in [1.82, 2.24) is 20.9 Å². The van der Waals surface area contributed by atoms with Crippen molar-refractivity contribution in [2.24, 2.45) is 5.11 Å². The van der Waals surface area contributed by atoms with Crippen LogP contribution < -0.4 is 16.0 Å². The molecule has 0 fully saturated rings. The number of nitrogens with one attached hydrogen (secondary N) is 3. The Hall–Kier alpha value is -3.50. The molecule has 75 heavy (non-hydrogen) atoms. The van der Waals surface area contributed by atoms with Crippen LogP contribution in [0.15, 0.2) is 5.11 Å². The Morgan fingerprint density at radius 1 is 0.360 bits per heavy atom. The molecule has 0 spiro atoms. The maximum Gasteiger partial charge on any atom is 0.303 e. The van der Waals surface area contributed by atoms with E-state index in [0.717, 1.165) is 64.2 Å². The lowest BCUT2D eigenvalue weighted by atomic mass is 10.0. The molecule has 0 aromatic rings. The fraction of sp³-hybridized carbons (Fsp3) is 0.914. The van der Waals surface area contributed by atoms with Gasteiger partial charge in [-0.2, -0.15) is 0 Å². The van der Waals surface area contributed by atoms with Gasteiger partial charge in [0.05, 0.1) is 33.0 Å². The van der Waals surface area contributed by atoms with Gasteiger partial charge in [0, 0.05) is 76.4 Å². The fourth-order valence-corrected chi connectivity index (χ4v) is 9.16. The zero-order valence-electron chi connectivity index (χ0n) is 47.4. The number of unbranched alkanes of at least 4 members (excludes halogenated alkanes) is 34. The molecule has 438 valence electrons. The SMILES string of the molecule is [N-]=[N+]=NCCOCCOCCOCC(=O)NCCN(CCNC(=O)CCCCCCCCCCCCCCCCCCCCC(=O)O)CCNC(=O)CCCCCCCCCCCCCCCCCCCCC(=O)O. The van der Waals surface area contributed by atoms with Crippen molar-refractivity contribution in [3.8, 4) is 0 Å². The second-order valence-electron chi connectivity index (χ2n) is 20.6. The maximum absolute atomic E-state index is 12.7.